The summed E-state index contributed by atoms with van der Waals surface area (Å²) in [6, 6.07) is 25.7. The molecule has 27 heavy (non-hydrogen) atoms. The van der Waals surface area contributed by atoms with Gasteiger partial charge in [-0.25, -0.2) is 4.52 Å². The molecule has 4 heteroatoms. The molecule has 0 atom stereocenters. The van der Waals surface area contributed by atoms with Crippen LogP contribution in [0.1, 0.15) is 23.7 Å². The first-order chi connectivity index (χ1) is 13.3. The highest BCUT2D eigenvalue weighted by molar-refractivity contribution is 5.90. The van der Waals surface area contributed by atoms with Gasteiger partial charge in [0, 0.05) is 16.8 Å². The quantitative estimate of drug-likeness (QED) is 0.525. The van der Waals surface area contributed by atoms with Gasteiger partial charge in [0.05, 0.1) is 22.7 Å². The number of hydrogen-bond acceptors (Lipinski definition) is 3. The van der Waals surface area contributed by atoms with Crippen LogP contribution in [-0.4, -0.2) is 9.61 Å². The average molecular weight is 348 g/mol. The predicted octanol–water partition coefficient (Wildman–Crippen LogP) is 4.97. The van der Waals surface area contributed by atoms with E-state index >= 15 is 0 Å². The van der Waals surface area contributed by atoms with Crippen molar-refractivity contribution < 1.29 is 0 Å². The van der Waals surface area contributed by atoms with Crippen molar-refractivity contribution in [2.75, 3.05) is 0 Å². The number of aromatic nitrogens is 2. The minimum absolute atomic E-state index is 0.518. The minimum Gasteiger partial charge on any atom is -0.237 e. The lowest BCUT2D eigenvalue weighted by molar-refractivity contribution is 0.864. The first kappa shape index (κ1) is 16.6. The van der Waals surface area contributed by atoms with E-state index < -0.39 is 0 Å². The second kappa shape index (κ2) is 6.78. The molecular weight excluding hydrogens is 332 g/mol. The molecule has 0 bridgehead atoms. The number of fused-ring (bicyclic) bond motifs is 1. The van der Waals surface area contributed by atoms with Crippen molar-refractivity contribution in [3.05, 3.63) is 83.6 Å². The monoisotopic (exact) mass is 348 g/mol. The van der Waals surface area contributed by atoms with Crippen LogP contribution in [0.25, 0.3) is 27.9 Å². The molecule has 0 amide bonds. The van der Waals surface area contributed by atoms with Gasteiger partial charge in [0.15, 0.2) is 0 Å². The summed E-state index contributed by atoms with van der Waals surface area (Å²) in [6.45, 7) is 2.08. The third-order valence-corrected chi connectivity index (χ3v) is 4.68. The van der Waals surface area contributed by atoms with Gasteiger partial charge in [0.25, 0.3) is 0 Å². The molecule has 0 radical (unpaired) electrons. The van der Waals surface area contributed by atoms with Crippen molar-refractivity contribution in [2.45, 2.75) is 13.3 Å². The molecule has 0 saturated heterocycles. The number of benzene rings is 2. The summed E-state index contributed by atoms with van der Waals surface area (Å²) < 4.78 is 1.91. The van der Waals surface area contributed by atoms with Gasteiger partial charge in [-0.2, -0.15) is 15.6 Å². The van der Waals surface area contributed by atoms with Crippen molar-refractivity contribution in [3.8, 4) is 34.5 Å². The van der Waals surface area contributed by atoms with E-state index in [-0.39, 0.29) is 0 Å². The smallest absolute Gasteiger partial charge is 0.110 e. The van der Waals surface area contributed by atoms with Gasteiger partial charge in [0.1, 0.15) is 11.8 Å². The van der Waals surface area contributed by atoms with Crippen LogP contribution in [0.5, 0.6) is 0 Å². The van der Waals surface area contributed by atoms with Crippen LogP contribution in [0.3, 0.4) is 0 Å². The van der Waals surface area contributed by atoms with Crippen LogP contribution >= 0.6 is 0 Å². The topological polar surface area (TPSA) is 64.9 Å². The Morgan fingerprint density at radius 2 is 1.67 bits per heavy atom. The second-order valence-corrected chi connectivity index (χ2v) is 6.24. The molecular formula is C23H16N4. The van der Waals surface area contributed by atoms with E-state index in [1.165, 1.54) is 0 Å². The van der Waals surface area contributed by atoms with Crippen molar-refractivity contribution in [3.63, 3.8) is 0 Å². The summed E-state index contributed by atoms with van der Waals surface area (Å²) in [5, 5.41) is 24.1. The Morgan fingerprint density at radius 1 is 0.889 bits per heavy atom. The Bertz CT molecular complexity index is 1220. The molecule has 0 aliphatic rings. The first-order valence-electron chi connectivity index (χ1n) is 8.77. The Hall–Kier alpha value is -3.89. The molecule has 0 fully saturated rings. The Labute approximate surface area is 157 Å². The summed E-state index contributed by atoms with van der Waals surface area (Å²) in [4.78, 5) is 0. The van der Waals surface area contributed by atoms with Gasteiger partial charge < -0.3 is 0 Å². The van der Waals surface area contributed by atoms with Gasteiger partial charge in [-0.05, 0) is 36.2 Å². The second-order valence-electron chi connectivity index (χ2n) is 6.24. The number of aryl methyl sites for hydroxylation is 1. The maximum absolute atomic E-state index is 10.0. The maximum atomic E-state index is 10.0. The van der Waals surface area contributed by atoms with Crippen LogP contribution in [-0.2, 0) is 6.42 Å². The summed E-state index contributed by atoms with van der Waals surface area (Å²) in [5.74, 6) is 0. The third kappa shape index (κ3) is 2.74. The molecule has 0 N–H and O–H groups in total. The van der Waals surface area contributed by atoms with Crippen molar-refractivity contribution >= 4 is 5.52 Å². The molecule has 4 aromatic rings. The molecule has 2 aromatic heterocycles. The number of nitrogens with zero attached hydrogens (tertiary/aromatic N) is 4. The van der Waals surface area contributed by atoms with E-state index in [0.717, 1.165) is 34.3 Å². The summed E-state index contributed by atoms with van der Waals surface area (Å²) >= 11 is 0. The molecule has 4 nitrogen and oxygen atoms in total. The number of nitriles is 2. The van der Waals surface area contributed by atoms with E-state index in [1.807, 2.05) is 65.2 Å². The minimum atomic E-state index is 0.518. The zero-order valence-corrected chi connectivity index (χ0v) is 14.8. The highest BCUT2D eigenvalue weighted by atomic mass is 15.2. The lowest BCUT2D eigenvalue weighted by Crippen LogP contribution is -2.04. The predicted molar refractivity (Wildman–Crippen MR) is 105 cm³/mol. The zero-order valence-electron chi connectivity index (χ0n) is 14.8. The highest BCUT2D eigenvalue weighted by Crippen LogP contribution is 2.35. The fourth-order valence-electron chi connectivity index (χ4n) is 3.39. The van der Waals surface area contributed by atoms with E-state index in [9.17, 15) is 10.5 Å². The van der Waals surface area contributed by atoms with Crippen LogP contribution < -0.4 is 0 Å². The van der Waals surface area contributed by atoms with Gasteiger partial charge >= 0.3 is 0 Å². The summed E-state index contributed by atoms with van der Waals surface area (Å²) in [6.07, 6.45) is 0.832. The van der Waals surface area contributed by atoms with Gasteiger partial charge in [0.2, 0.25) is 0 Å². The largest absolute Gasteiger partial charge is 0.237 e. The zero-order chi connectivity index (χ0) is 18.8. The molecule has 4 rings (SSSR count). The third-order valence-electron chi connectivity index (χ3n) is 4.68. The van der Waals surface area contributed by atoms with E-state index in [4.69, 9.17) is 5.10 Å². The average Bonchev–Trinajstić information content (AvgIpc) is 3.15. The van der Waals surface area contributed by atoms with Gasteiger partial charge in [-0.1, -0.05) is 49.4 Å². The van der Waals surface area contributed by atoms with E-state index in [1.54, 1.807) is 6.07 Å². The maximum Gasteiger partial charge on any atom is 0.110 e. The Balaban J connectivity index is 2.15. The van der Waals surface area contributed by atoms with Gasteiger partial charge in [-0.3, -0.25) is 0 Å². The molecule has 0 aliphatic carbocycles. The fourth-order valence-corrected chi connectivity index (χ4v) is 3.39. The fraction of sp³-hybridized carbons (Fsp3) is 0.0870. The first-order valence-corrected chi connectivity index (χ1v) is 8.77. The molecule has 0 spiro atoms. The van der Waals surface area contributed by atoms with Gasteiger partial charge in [-0.15, -0.1) is 0 Å². The molecule has 0 unspecified atom stereocenters. The number of rotatable bonds is 3. The Kier molecular flexibility index (Phi) is 4.16. The van der Waals surface area contributed by atoms with Crippen LogP contribution in [0.2, 0.25) is 0 Å². The van der Waals surface area contributed by atoms with Crippen molar-refractivity contribution in [1.29, 1.82) is 10.5 Å². The van der Waals surface area contributed by atoms with Crippen LogP contribution in [0.15, 0.2) is 66.7 Å². The van der Waals surface area contributed by atoms with E-state index in [0.29, 0.717) is 16.8 Å². The lowest BCUT2D eigenvalue weighted by atomic mass is 9.95. The normalized spacial score (nSPS) is 10.5. The lowest BCUT2D eigenvalue weighted by Gasteiger charge is -2.13. The van der Waals surface area contributed by atoms with Crippen LogP contribution in [0, 0.1) is 22.7 Å². The molecule has 0 saturated carbocycles. The summed E-state index contributed by atoms with van der Waals surface area (Å²) in [5.41, 5.74) is 6.22. The van der Waals surface area contributed by atoms with Crippen LogP contribution in [0.4, 0.5) is 0 Å². The summed E-state index contributed by atoms with van der Waals surface area (Å²) in [7, 11) is 0. The highest BCUT2D eigenvalue weighted by Gasteiger charge is 2.19. The number of hydrogen-bond donors (Lipinski definition) is 0. The Morgan fingerprint density at radius 3 is 2.37 bits per heavy atom. The van der Waals surface area contributed by atoms with E-state index in [2.05, 4.69) is 19.1 Å². The standard InChI is InChI=1S/C23H16N4/c1-2-19-11-12-21-22(18-10-6-7-16(13-18)14-24)20(15-25)23(26-27(19)21)17-8-4-3-5-9-17/h3-13H,2H2,1H3. The molecule has 0 aliphatic heterocycles. The SMILES string of the molecule is CCc1ccc2c(-c3cccc(C#N)c3)c(C#N)c(-c3ccccc3)nn12. The molecule has 2 heterocycles. The molecule has 2 aromatic carbocycles. The molecule has 128 valence electrons. The van der Waals surface area contributed by atoms with Crippen molar-refractivity contribution in [2.24, 2.45) is 0 Å². The van der Waals surface area contributed by atoms with Crippen molar-refractivity contribution in [1.82, 2.24) is 9.61 Å².